The molecule has 366 valence electrons. The average molecular weight is 922 g/mol. The number of hydrogen-bond acceptors (Lipinski definition) is 17. The topological polar surface area (TPSA) is 316 Å². The number of carboxylic acids is 1. The molecule has 0 unspecified atom stereocenters. The second-order valence-corrected chi connectivity index (χ2v) is 17.4. The Bertz CT molecular complexity index is 1710. The van der Waals surface area contributed by atoms with Gasteiger partial charge in [0.1, 0.15) is 23.9 Å². The Balaban J connectivity index is 1.86. The maximum atomic E-state index is 12.7. The van der Waals surface area contributed by atoms with Crippen molar-refractivity contribution in [1.82, 2.24) is 0 Å². The molecule has 0 radical (unpaired) electrons. The number of aliphatic carboxylic acids is 1. The van der Waals surface area contributed by atoms with Gasteiger partial charge in [0.2, 0.25) is 0 Å². The van der Waals surface area contributed by atoms with Gasteiger partial charge < -0.3 is 75.7 Å². The Hall–Kier alpha value is -3.73. The lowest BCUT2D eigenvalue weighted by Gasteiger charge is -2.45. The van der Waals surface area contributed by atoms with Crippen molar-refractivity contribution in [1.29, 1.82) is 0 Å². The second kappa shape index (κ2) is 27.2. The number of carboxylic acid groups (broad SMARTS) is 1. The summed E-state index contributed by atoms with van der Waals surface area (Å²) in [5.41, 5.74) is 6.01. The van der Waals surface area contributed by atoms with Crippen molar-refractivity contribution in [2.24, 2.45) is 23.5 Å². The minimum Gasteiger partial charge on any atom is -0.481 e. The molecule has 3 aliphatic heterocycles. The van der Waals surface area contributed by atoms with E-state index in [1.165, 1.54) is 13.0 Å². The van der Waals surface area contributed by atoms with E-state index >= 15 is 0 Å². The van der Waals surface area contributed by atoms with E-state index in [4.69, 9.17) is 24.7 Å². The minimum absolute atomic E-state index is 0.201. The Morgan fingerprint density at radius 1 is 0.677 bits per heavy atom. The predicted molar refractivity (Wildman–Crippen MR) is 236 cm³/mol. The predicted octanol–water partition coefficient (Wildman–Crippen LogP) is 0.920. The number of allylic oxidation sites excluding steroid dienone is 12. The summed E-state index contributed by atoms with van der Waals surface area (Å²) in [6.45, 7) is 6.69. The number of nitrogens with two attached hydrogens (primary N) is 1. The minimum atomic E-state index is -2.37. The maximum Gasteiger partial charge on any atom is 0.311 e. The average Bonchev–Trinajstić information content (AvgIpc) is 3.21. The van der Waals surface area contributed by atoms with Gasteiger partial charge in [-0.1, -0.05) is 98.9 Å². The van der Waals surface area contributed by atoms with E-state index in [-0.39, 0.29) is 25.2 Å². The van der Waals surface area contributed by atoms with Gasteiger partial charge in [0.15, 0.2) is 12.1 Å². The third-order valence-electron chi connectivity index (χ3n) is 11.9. The van der Waals surface area contributed by atoms with E-state index in [0.29, 0.717) is 0 Å². The Morgan fingerprint density at radius 2 is 1.22 bits per heavy atom. The van der Waals surface area contributed by atoms with Gasteiger partial charge in [0.25, 0.3) is 0 Å². The SMILES string of the molecule is C[C@@H]1[C@H](O)[C@@H](C)/C=C/C=C/C=C/C=C/C=C/C=C/C=C/[C@H](O[C@H]2O[C@@H](C)[C@H](O)[C@@H](N)[C@@H]2O)C[C@@H]2O[C@](O)(C[C@@H](O)[C@@H](O)CC[C@@H](O)CC(=O)C[C@@H](O)CC(=O)O[C@H]1C)C[C@H](O)[C@H]2C(=O)O. The van der Waals surface area contributed by atoms with Gasteiger partial charge in [0, 0.05) is 43.9 Å². The fourth-order valence-corrected chi connectivity index (χ4v) is 7.81. The molecule has 3 heterocycles. The fourth-order valence-electron chi connectivity index (χ4n) is 7.81. The fraction of sp³-hybridized carbons (Fsp3) is 0.638. The zero-order valence-corrected chi connectivity index (χ0v) is 37.5. The third kappa shape index (κ3) is 18.5. The number of carbonyl (C=O) groups is 3. The number of hydrogen-bond donors (Lipinski definition) is 11. The van der Waals surface area contributed by atoms with Crippen molar-refractivity contribution < 1.29 is 84.4 Å². The maximum absolute atomic E-state index is 12.7. The van der Waals surface area contributed by atoms with Gasteiger partial charge in [-0.15, -0.1) is 0 Å². The molecular formula is C47H71NO17. The van der Waals surface area contributed by atoms with Crippen LogP contribution < -0.4 is 5.73 Å². The van der Waals surface area contributed by atoms with Crippen molar-refractivity contribution in [2.45, 2.75) is 170 Å². The quantitative estimate of drug-likeness (QED) is 0.175. The summed E-state index contributed by atoms with van der Waals surface area (Å²) >= 11 is 0. The highest BCUT2D eigenvalue weighted by Crippen LogP contribution is 2.38. The molecule has 3 rings (SSSR count). The number of ketones is 1. The highest BCUT2D eigenvalue weighted by molar-refractivity contribution is 5.80. The number of carbonyl (C=O) groups excluding carboxylic acids is 2. The van der Waals surface area contributed by atoms with Crippen molar-refractivity contribution >= 4 is 17.7 Å². The molecule has 2 bridgehead atoms. The Morgan fingerprint density at radius 3 is 1.80 bits per heavy atom. The number of aliphatic hydroxyl groups excluding tert-OH is 8. The van der Waals surface area contributed by atoms with Crippen LogP contribution in [0.5, 0.6) is 0 Å². The van der Waals surface area contributed by atoms with Gasteiger partial charge in [-0.25, -0.2) is 0 Å². The van der Waals surface area contributed by atoms with Crippen LogP contribution in [0.2, 0.25) is 0 Å². The second-order valence-electron chi connectivity index (χ2n) is 17.4. The zero-order valence-electron chi connectivity index (χ0n) is 37.5. The third-order valence-corrected chi connectivity index (χ3v) is 11.9. The first-order valence-corrected chi connectivity index (χ1v) is 22.2. The smallest absolute Gasteiger partial charge is 0.311 e. The summed E-state index contributed by atoms with van der Waals surface area (Å²) in [7, 11) is 0. The van der Waals surface area contributed by atoms with Crippen molar-refractivity contribution in [3.05, 3.63) is 85.1 Å². The van der Waals surface area contributed by atoms with Crippen LogP contribution >= 0.6 is 0 Å². The van der Waals surface area contributed by atoms with Gasteiger partial charge in [-0.3, -0.25) is 14.4 Å². The number of Topliss-reactive ketones (excluding diaryl/α,β-unsaturated/α-hetero) is 1. The van der Waals surface area contributed by atoms with E-state index in [1.54, 1.807) is 86.8 Å². The molecule has 0 amide bonds. The number of cyclic esters (lactones) is 1. The molecule has 18 heteroatoms. The van der Waals surface area contributed by atoms with Crippen LogP contribution in [0.1, 0.15) is 79.1 Å². The van der Waals surface area contributed by atoms with E-state index < -0.39 is 153 Å². The molecule has 18 nitrogen and oxygen atoms in total. The zero-order chi connectivity index (χ0) is 48.4. The van der Waals surface area contributed by atoms with Crippen molar-refractivity contribution in [3.8, 4) is 0 Å². The van der Waals surface area contributed by atoms with Crippen LogP contribution in [0.4, 0.5) is 0 Å². The van der Waals surface area contributed by atoms with Crippen LogP contribution in [-0.2, 0) is 33.3 Å². The number of esters is 1. The highest BCUT2D eigenvalue weighted by atomic mass is 16.7. The molecular weight excluding hydrogens is 851 g/mol. The Labute approximate surface area is 380 Å². The van der Waals surface area contributed by atoms with Crippen LogP contribution in [0.25, 0.3) is 0 Å². The van der Waals surface area contributed by atoms with Crippen molar-refractivity contribution in [2.75, 3.05) is 0 Å². The first-order valence-electron chi connectivity index (χ1n) is 22.2. The van der Waals surface area contributed by atoms with E-state index in [1.807, 2.05) is 13.0 Å². The van der Waals surface area contributed by atoms with Gasteiger partial charge >= 0.3 is 11.9 Å². The van der Waals surface area contributed by atoms with Crippen molar-refractivity contribution in [3.63, 3.8) is 0 Å². The molecule has 0 aromatic heterocycles. The summed E-state index contributed by atoms with van der Waals surface area (Å²) in [6.07, 6.45) is 3.75. The summed E-state index contributed by atoms with van der Waals surface area (Å²) in [5.74, 6) is -7.57. The van der Waals surface area contributed by atoms with Crippen LogP contribution in [0.3, 0.4) is 0 Å². The Kier molecular flexibility index (Phi) is 23.2. The first-order chi connectivity index (χ1) is 30.6. The summed E-state index contributed by atoms with van der Waals surface area (Å²) < 4.78 is 23.1. The number of aliphatic hydroxyl groups is 9. The van der Waals surface area contributed by atoms with Crippen LogP contribution in [0, 0.1) is 17.8 Å². The molecule has 3 aliphatic rings. The number of rotatable bonds is 3. The molecule has 0 aliphatic carbocycles. The molecule has 0 spiro atoms. The van der Waals surface area contributed by atoms with Crippen LogP contribution in [0.15, 0.2) is 85.1 Å². The van der Waals surface area contributed by atoms with E-state index in [9.17, 15) is 65.4 Å². The highest BCUT2D eigenvalue weighted by Gasteiger charge is 2.51. The van der Waals surface area contributed by atoms with E-state index in [0.717, 1.165) is 0 Å². The molecule has 2 fully saturated rings. The van der Waals surface area contributed by atoms with Gasteiger partial charge in [-0.2, -0.15) is 0 Å². The standard InChI is InChI=1S/C47H71NO17/c1-27-17-15-13-11-9-7-5-6-8-10-12-14-16-18-34(64-46-44(58)41(48)43(57)30(4)63-46)24-38-40(45(59)60)37(54)26-47(61,65-38)25-36(53)35(52)20-19-31(49)21-32(50)22-33(51)23-39(55)62-29(3)28(2)42(27)56/h5-18,27-31,33-38,40-44,46,49,51-54,56-58,61H,19-26,48H2,1-4H3,(H,59,60)/b6-5+,9-7+,10-8+,13-11+,14-12+,17-15+,18-16+/t27-,28-,29-,30-,31+,33+,34-,35-,36+,37-,38-,40+,41+,42+,43-,44-,46+,47+/m0/s1. The van der Waals surface area contributed by atoms with E-state index in [2.05, 4.69) is 0 Å². The molecule has 0 saturated carbocycles. The lowest BCUT2D eigenvalue weighted by Crippen LogP contribution is -2.61. The molecule has 2 saturated heterocycles. The molecule has 12 N–H and O–H groups in total. The summed E-state index contributed by atoms with van der Waals surface area (Å²) in [4.78, 5) is 37.7. The molecule has 18 atom stereocenters. The normalized spacial score (nSPS) is 44.4. The summed E-state index contributed by atoms with van der Waals surface area (Å²) in [5, 5.41) is 107. The van der Waals surface area contributed by atoms with Gasteiger partial charge in [-0.05, 0) is 26.7 Å². The largest absolute Gasteiger partial charge is 0.481 e. The monoisotopic (exact) mass is 921 g/mol. The lowest BCUT2D eigenvalue weighted by atomic mass is 9.82. The lowest BCUT2D eigenvalue weighted by molar-refractivity contribution is -0.310. The molecule has 65 heavy (non-hydrogen) atoms. The summed E-state index contributed by atoms with van der Waals surface area (Å²) in [6, 6.07) is -1.15. The first kappa shape index (κ1) is 55.6. The number of fused-ring (bicyclic) bond motifs is 2. The van der Waals surface area contributed by atoms with Crippen LogP contribution in [-0.4, -0.2) is 160 Å². The molecule has 0 aromatic carbocycles. The number of ether oxygens (including phenoxy) is 4. The van der Waals surface area contributed by atoms with Gasteiger partial charge in [0.05, 0.1) is 73.5 Å². The molecule has 0 aromatic rings.